The second-order valence-corrected chi connectivity index (χ2v) is 5.80. The van der Waals surface area contributed by atoms with Crippen LogP contribution in [-0.2, 0) is 11.2 Å². The molecule has 1 fully saturated rings. The van der Waals surface area contributed by atoms with Crippen molar-refractivity contribution in [2.75, 3.05) is 19.8 Å². The van der Waals surface area contributed by atoms with Gasteiger partial charge in [-0.05, 0) is 49.4 Å². The number of hydrogen-bond acceptors (Lipinski definition) is 3. The molecule has 2 heterocycles. The summed E-state index contributed by atoms with van der Waals surface area (Å²) in [6.07, 6.45) is 6.24. The lowest BCUT2D eigenvalue weighted by Crippen LogP contribution is -2.25. The molecule has 1 aromatic carbocycles. The summed E-state index contributed by atoms with van der Waals surface area (Å²) in [5.41, 5.74) is 2.76. The predicted molar refractivity (Wildman–Crippen MR) is 80.3 cm³/mol. The summed E-state index contributed by atoms with van der Waals surface area (Å²) in [6.45, 7) is 5.07. The highest BCUT2D eigenvalue weighted by molar-refractivity contribution is 5.40. The molecule has 0 spiro atoms. The van der Waals surface area contributed by atoms with Crippen LogP contribution in [0.5, 0.6) is 5.75 Å². The van der Waals surface area contributed by atoms with Gasteiger partial charge in [0.25, 0.3) is 0 Å². The number of hydrogen-bond donors (Lipinski definition) is 1. The molecule has 0 radical (unpaired) electrons. The highest BCUT2D eigenvalue weighted by atomic mass is 16.5. The summed E-state index contributed by atoms with van der Waals surface area (Å²) < 4.78 is 11.3. The molecule has 0 amide bonds. The van der Waals surface area contributed by atoms with E-state index in [9.17, 15) is 0 Å². The van der Waals surface area contributed by atoms with Crippen molar-refractivity contribution in [2.24, 2.45) is 0 Å². The average molecular weight is 275 g/mol. The first-order chi connectivity index (χ1) is 9.86. The monoisotopic (exact) mass is 275 g/mol. The van der Waals surface area contributed by atoms with Gasteiger partial charge in [0.15, 0.2) is 0 Å². The normalized spacial score (nSPS) is 22.6. The van der Waals surface area contributed by atoms with Crippen LogP contribution in [0.15, 0.2) is 18.2 Å². The van der Waals surface area contributed by atoms with E-state index in [2.05, 4.69) is 30.4 Å². The van der Waals surface area contributed by atoms with E-state index in [1.807, 2.05) is 0 Å². The molecule has 2 aliphatic rings. The van der Waals surface area contributed by atoms with Crippen molar-refractivity contribution >= 4 is 0 Å². The fraction of sp³-hybridized carbons (Fsp3) is 0.647. The lowest BCUT2D eigenvalue weighted by atomic mass is 10.0. The van der Waals surface area contributed by atoms with Crippen molar-refractivity contribution in [3.05, 3.63) is 29.3 Å². The van der Waals surface area contributed by atoms with Crippen LogP contribution in [0, 0.1) is 0 Å². The Morgan fingerprint density at radius 3 is 3.10 bits per heavy atom. The third-order valence-corrected chi connectivity index (χ3v) is 4.41. The summed E-state index contributed by atoms with van der Waals surface area (Å²) in [4.78, 5) is 0. The molecule has 0 bridgehead atoms. The van der Waals surface area contributed by atoms with Crippen LogP contribution in [0.1, 0.15) is 49.8 Å². The maximum Gasteiger partial charge on any atom is 0.122 e. The minimum Gasteiger partial charge on any atom is -0.493 e. The molecule has 1 aromatic rings. The van der Waals surface area contributed by atoms with Gasteiger partial charge in [-0.15, -0.1) is 0 Å². The summed E-state index contributed by atoms with van der Waals surface area (Å²) in [7, 11) is 0. The Morgan fingerprint density at radius 2 is 2.30 bits per heavy atom. The lowest BCUT2D eigenvalue weighted by molar-refractivity contribution is 0.103. The van der Waals surface area contributed by atoms with Gasteiger partial charge in [0.05, 0.1) is 12.7 Å². The molecule has 20 heavy (non-hydrogen) atoms. The van der Waals surface area contributed by atoms with Crippen LogP contribution in [0.25, 0.3) is 0 Å². The maximum absolute atomic E-state index is 5.68. The Morgan fingerprint density at radius 1 is 1.35 bits per heavy atom. The Hall–Kier alpha value is -1.06. The topological polar surface area (TPSA) is 30.5 Å². The highest BCUT2D eigenvalue weighted by Crippen LogP contribution is 2.29. The Labute approximate surface area is 121 Å². The van der Waals surface area contributed by atoms with Crippen LogP contribution in [0.2, 0.25) is 0 Å². The van der Waals surface area contributed by atoms with Gasteiger partial charge < -0.3 is 14.8 Å². The maximum atomic E-state index is 5.68. The minimum atomic E-state index is 0.447. The minimum absolute atomic E-state index is 0.447. The van der Waals surface area contributed by atoms with Crippen molar-refractivity contribution in [1.29, 1.82) is 0 Å². The zero-order valence-corrected chi connectivity index (χ0v) is 12.4. The molecule has 0 aromatic heterocycles. The first-order valence-electron chi connectivity index (χ1n) is 7.97. The summed E-state index contributed by atoms with van der Waals surface area (Å²) >= 11 is 0. The second kappa shape index (κ2) is 6.59. The third-order valence-electron chi connectivity index (χ3n) is 4.41. The quantitative estimate of drug-likeness (QED) is 0.864. The van der Waals surface area contributed by atoms with Gasteiger partial charge >= 0.3 is 0 Å². The van der Waals surface area contributed by atoms with Gasteiger partial charge in [-0.25, -0.2) is 0 Å². The van der Waals surface area contributed by atoms with Crippen LogP contribution in [-0.4, -0.2) is 25.9 Å². The molecule has 2 unspecified atom stereocenters. The average Bonchev–Trinajstić information content (AvgIpc) is 3.13. The molecule has 1 N–H and O–H groups in total. The molecule has 3 heteroatoms. The fourth-order valence-corrected chi connectivity index (χ4v) is 3.21. The third kappa shape index (κ3) is 3.15. The zero-order chi connectivity index (χ0) is 13.8. The van der Waals surface area contributed by atoms with Crippen LogP contribution < -0.4 is 10.1 Å². The van der Waals surface area contributed by atoms with Crippen LogP contribution in [0.4, 0.5) is 0 Å². The van der Waals surface area contributed by atoms with Crippen molar-refractivity contribution < 1.29 is 9.47 Å². The van der Waals surface area contributed by atoms with Gasteiger partial charge in [0.2, 0.25) is 0 Å². The Kier molecular flexibility index (Phi) is 4.58. The van der Waals surface area contributed by atoms with Gasteiger partial charge in [-0.1, -0.05) is 19.1 Å². The van der Waals surface area contributed by atoms with Crippen molar-refractivity contribution in [3.8, 4) is 5.75 Å². The smallest absolute Gasteiger partial charge is 0.122 e. The van der Waals surface area contributed by atoms with Crippen molar-refractivity contribution in [1.82, 2.24) is 5.32 Å². The summed E-state index contributed by atoms with van der Waals surface area (Å²) in [5, 5.41) is 3.68. The standard InChI is InChI=1S/C17H25NO2/c1-2-16(18-9-7-15-4-3-10-19-15)13-5-6-17-14(12-13)8-11-20-17/h5-6,12,15-16,18H,2-4,7-11H2,1H3. The number of benzene rings is 1. The van der Waals surface area contributed by atoms with E-state index in [0.29, 0.717) is 12.1 Å². The van der Waals surface area contributed by atoms with Crippen LogP contribution >= 0.6 is 0 Å². The van der Waals surface area contributed by atoms with E-state index in [-0.39, 0.29) is 0 Å². The van der Waals surface area contributed by atoms with E-state index in [0.717, 1.165) is 44.8 Å². The summed E-state index contributed by atoms with van der Waals surface area (Å²) in [5.74, 6) is 1.07. The molecule has 2 aliphatic heterocycles. The van der Waals surface area contributed by atoms with E-state index >= 15 is 0 Å². The fourth-order valence-electron chi connectivity index (χ4n) is 3.21. The molecule has 0 saturated carbocycles. The van der Waals surface area contributed by atoms with Gasteiger partial charge in [-0.3, -0.25) is 0 Å². The number of rotatable bonds is 6. The molecule has 3 nitrogen and oxygen atoms in total. The van der Waals surface area contributed by atoms with Crippen molar-refractivity contribution in [3.63, 3.8) is 0 Å². The number of ether oxygens (including phenoxy) is 2. The number of nitrogens with one attached hydrogen (secondary N) is 1. The van der Waals surface area contributed by atoms with Gasteiger partial charge in [-0.2, -0.15) is 0 Å². The zero-order valence-electron chi connectivity index (χ0n) is 12.4. The largest absolute Gasteiger partial charge is 0.493 e. The van der Waals surface area contributed by atoms with Gasteiger partial charge in [0, 0.05) is 19.1 Å². The highest BCUT2D eigenvalue weighted by Gasteiger charge is 2.18. The SMILES string of the molecule is CCC(NCCC1CCCO1)c1ccc2c(c1)CCO2. The molecule has 3 rings (SSSR count). The molecule has 110 valence electrons. The van der Waals surface area contributed by atoms with E-state index in [1.165, 1.54) is 24.0 Å². The molecule has 1 saturated heterocycles. The van der Waals surface area contributed by atoms with Crippen LogP contribution in [0.3, 0.4) is 0 Å². The Bertz CT molecular complexity index is 441. The van der Waals surface area contributed by atoms with Crippen molar-refractivity contribution in [2.45, 2.75) is 51.2 Å². The first-order valence-corrected chi connectivity index (χ1v) is 7.97. The lowest BCUT2D eigenvalue weighted by Gasteiger charge is -2.19. The second-order valence-electron chi connectivity index (χ2n) is 5.80. The van der Waals surface area contributed by atoms with E-state index < -0.39 is 0 Å². The molecular weight excluding hydrogens is 250 g/mol. The molecule has 2 atom stereocenters. The Balaban J connectivity index is 1.55. The first kappa shape index (κ1) is 13.9. The van der Waals surface area contributed by atoms with E-state index in [1.54, 1.807) is 0 Å². The summed E-state index contributed by atoms with van der Waals surface area (Å²) in [6, 6.07) is 7.09. The predicted octanol–water partition coefficient (Wildman–Crippen LogP) is 3.23. The molecular formula is C17H25NO2. The molecule has 0 aliphatic carbocycles. The number of fused-ring (bicyclic) bond motifs is 1. The van der Waals surface area contributed by atoms with Gasteiger partial charge in [0.1, 0.15) is 5.75 Å². The van der Waals surface area contributed by atoms with E-state index in [4.69, 9.17) is 9.47 Å².